The van der Waals surface area contributed by atoms with Gasteiger partial charge in [0, 0.05) is 17.2 Å². The number of nitrogens with zero attached hydrogens (tertiary/aromatic N) is 1. The van der Waals surface area contributed by atoms with Crippen molar-refractivity contribution in [2.24, 2.45) is 22.4 Å². The summed E-state index contributed by atoms with van der Waals surface area (Å²) >= 11 is 0. The quantitative estimate of drug-likeness (QED) is 0.390. The van der Waals surface area contributed by atoms with Crippen LogP contribution in [0.1, 0.15) is 29.3 Å². The first-order chi connectivity index (χ1) is 13.9. The lowest BCUT2D eigenvalue weighted by Gasteiger charge is -2.25. The third-order valence-electron chi connectivity index (χ3n) is 4.45. The number of hydrogen-bond donors (Lipinski definition) is 3. The van der Waals surface area contributed by atoms with Crippen molar-refractivity contribution < 1.29 is 19.1 Å². The van der Waals surface area contributed by atoms with E-state index in [1.54, 1.807) is 37.3 Å². The van der Waals surface area contributed by atoms with E-state index in [9.17, 15) is 9.59 Å². The van der Waals surface area contributed by atoms with Crippen molar-refractivity contribution in [1.29, 1.82) is 0 Å². The summed E-state index contributed by atoms with van der Waals surface area (Å²) in [4.78, 5) is 28.2. The highest BCUT2D eigenvalue weighted by Crippen LogP contribution is 2.31. The van der Waals surface area contributed by atoms with Gasteiger partial charge in [0.15, 0.2) is 5.96 Å². The Morgan fingerprint density at radius 2 is 1.97 bits per heavy atom. The molecule has 0 fully saturated rings. The van der Waals surface area contributed by atoms with Gasteiger partial charge in [0.25, 0.3) is 5.91 Å². The van der Waals surface area contributed by atoms with Crippen molar-refractivity contribution in [2.75, 3.05) is 18.5 Å². The van der Waals surface area contributed by atoms with E-state index in [0.29, 0.717) is 43.0 Å². The van der Waals surface area contributed by atoms with Crippen molar-refractivity contribution in [2.45, 2.75) is 19.8 Å². The Kier molecular flexibility index (Phi) is 6.33. The van der Waals surface area contributed by atoms with Crippen LogP contribution in [0.25, 0.3) is 0 Å². The van der Waals surface area contributed by atoms with E-state index in [1.165, 1.54) is 0 Å². The second kappa shape index (κ2) is 9.09. The predicted octanol–water partition coefficient (Wildman–Crippen LogP) is 2.35. The number of benzene rings is 2. The van der Waals surface area contributed by atoms with Crippen LogP contribution in [0.3, 0.4) is 0 Å². The number of carbonyl (C=O) groups excluding carboxylic acids is 2. The Bertz CT molecular complexity index is 921. The molecule has 1 atom stereocenters. The van der Waals surface area contributed by atoms with Crippen molar-refractivity contribution in [1.82, 2.24) is 0 Å². The van der Waals surface area contributed by atoms with Gasteiger partial charge in [-0.1, -0.05) is 0 Å². The van der Waals surface area contributed by atoms with Crippen molar-refractivity contribution in [3.63, 3.8) is 0 Å². The summed E-state index contributed by atoms with van der Waals surface area (Å²) in [6, 6.07) is 12.1. The largest absolute Gasteiger partial charge is 0.493 e. The number of carbonyl (C=O) groups is 2. The van der Waals surface area contributed by atoms with Crippen LogP contribution in [0.5, 0.6) is 5.75 Å². The number of ether oxygens (including phenoxy) is 2. The molecule has 0 radical (unpaired) electrons. The summed E-state index contributed by atoms with van der Waals surface area (Å²) in [6.07, 6.45) is 0.997. The number of guanidine groups is 1. The third-order valence-corrected chi connectivity index (χ3v) is 4.45. The van der Waals surface area contributed by atoms with Crippen LogP contribution < -0.4 is 21.5 Å². The molecule has 29 heavy (non-hydrogen) atoms. The average molecular weight is 396 g/mol. The van der Waals surface area contributed by atoms with Gasteiger partial charge < -0.3 is 26.3 Å². The van der Waals surface area contributed by atoms with Gasteiger partial charge in [0.1, 0.15) is 5.75 Å². The number of aliphatic imine (C=N–C) groups is 1. The highest BCUT2D eigenvalue weighted by molar-refractivity contribution is 6.04. The number of hydrogen-bond acceptors (Lipinski definition) is 5. The smallest absolute Gasteiger partial charge is 0.306 e. The van der Waals surface area contributed by atoms with E-state index in [2.05, 4.69) is 10.3 Å². The highest BCUT2D eigenvalue weighted by Gasteiger charge is 2.23. The average Bonchev–Trinajstić information content (AvgIpc) is 2.68. The molecule has 0 bridgehead atoms. The highest BCUT2D eigenvalue weighted by atomic mass is 16.5. The van der Waals surface area contributed by atoms with E-state index in [0.717, 1.165) is 11.3 Å². The molecule has 2 aromatic carbocycles. The minimum Gasteiger partial charge on any atom is -0.493 e. The molecular formula is C21H24N4O4. The number of esters is 1. The lowest BCUT2D eigenvalue weighted by Crippen LogP contribution is -2.24. The number of fused-ring (bicyclic) bond motifs is 1. The number of anilines is 1. The normalized spacial score (nSPS) is 14.9. The van der Waals surface area contributed by atoms with Crippen LogP contribution in [0.4, 0.5) is 11.4 Å². The Balaban J connectivity index is 1.66. The van der Waals surface area contributed by atoms with Crippen LogP contribution in [0.2, 0.25) is 0 Å². The molecule has 0 saturated carbocycles. The molecular weight excluding hydrogens is 372 g/mol. The molecule has 0 aliphatic carbocycles. The van der Waals surface area contributed by atoms with E-state index in [-0.39, 0.29) is 23.8 Å². The monoisotopic (exact) mass is 396 g/mol. The van der Waals surface area contributed by atoms with Crippen LogP contribution >= 0.6 is 0 Å². The minimum atomic E-state index is -0.249. The van der Waals surface area contributed by atoms with Gasteiger partial charge in [-0.2, -0.15) is 0 Å². The first kappa shape index (κ1) is 20.2. The van der Waals surface area contributed by atoms with Gasteiger partial charge in [0.2, 0.25) is 0 Å². The van der Waals surface area contributed by atoms with Gasteiger partial charge >= 0.3 is 5.97 Å². The van der Waals surface area contributed by atoms with Crippen LogP contribution in [-0.4, -0.2) is 31.0 Å². The van der Waals surface area contributed by atoms with Gasteiger partial charge in [0.05, 0.1) is 25.3 Å². The minimum absolute atomic E-state index is 0.0419. The fraction of sp³-hybridized carbons (Fsp3) is 0.286. The number of rotatable bonds is 6. The molecule has 1 amide bonds. The molecule has 5 N–H and O–H groups in total. The van der Waals surface area contributed by atoms with Crippen LogP contribution in [0.15, 0.2) is 47.5 Å². The van der Waals surface area contributed by atoms with E-state index < -0.39 is 0 Å². The molecule has 1 aliphatic heterocycles. The van der Waals surface area contributed by atoms with Crippen LogP contribution in [0, 0.1) is 5.92 Å². The molecule has 1 heterocycles. The maximum Gasteiger partial charge on any atom is 0.306 e. The Morgan fingerprint density at radius 3 is 2.66 bits per heavy atom. The maximum atomic E-state index is 12.5. The lowest BCUT2D eigenvalue weighted by molar-refractivity contribution is -0.144. The summed E-state index contributed by atoms with van der Waals surface area (Å²) in [7, 11) is 0. The predicted molar refractivity (Wildman–Crippen MR) is 110 cm³/mol. The van der Waals surface area contributed by atoms with E-state index >= 15 is 0 Å². The van der Waals surface area contributed by atoms with E-state index in [4.69, 9.17) is 20.9 Å². The van der Waals surface area contributed by atoms with Gasteiger partial charge in [-0.05, 0) is 61.4 Å². The van der Waals surface area contributed by atoms with Gasteiger partial charge in [-0.25, -0.2) is 4.99 Å². The summed E-state index contributed by atoms with van der Waals surface area (Å²) in [5.74, 6) is 0.305. The fourth-order valence-electron chi connectivity index (χ4n) is 3.16. The number of nitrogens with one attached hydrogen (secondary N) is 1. The molecule has 8 heteroatoms. The molecule has 2 aromatic rings. The van der Waals surface area contributed by atoms with Crippen molar-refractivity contribution >= 4 is 29.2 Å². The van der Waals surface area contributed by atoms with Crippen molar-refractivity contribution in [3.8, 4) is 5.75 Å². The molecule has 0 spiro atoms. The van der Waals surface area contributed by atoms with Gasteiger partial charge in [-0.15, -0.1) is 0 Å². The summed E-state index contributed by atoms with van der Waals surface area (Å²) in [5, 5.41) is 2.87. The molecule has 152 valence electrons. The zero-order chi connectivity index (χ0) is 20.8. The Hall–Kier alpha value is -3.55. The van der Waals surface area contributed by atoms with Crippen molar-refractivity contribution in [3.05, 3.63) is 53.6 Å². The maximum absolute atomic E-state index is 12.5. The molecule has 0 aromatic heterocycles. The Morgan fingerprint density at radius 1 is 1.21 bits per heavy atom. The number of amides is 1. The fourth-order valence-corrected chi connectivity index (χ4v) is 3.16. The second-order valence-electron chi connectivity index (χ2n) is 6.75. The van der Waals surface area contributed by atoms with Gasteiger partial charge in [-0.3, -0.25) is 9.59 Å². The Labute approximate surface area is 168 Å². The van der Waals surface area contributed by atoms with Crippen LogP contribution in [-0.2, 0) is 16.0 Å². The molecule has 0 saturated heterocycles. The number of nitrogens with two attached hydrogens (primary N) is 2. The molecule has 1 unspecified atom stereocenters. The zero-order valence-electron chi connectivity index (χ0n) is 16.2. The topological polar surface area (TPSA) is 129 Å². The summed E-state index contributed by atoms with van der Waals surface area (Å²) in [5.41, 5.74) is 13.3. The molecule has 3 rings (SSSR count). The first-order valence-electron chi connectivity index (χ1n) is 9.37. The zero-order valence-corrected chi connectivity index (χ0v) is 16.2. The third kappa shape index (κ3) is 5.47. The summed E-state index contributed by atoms with van der Waals surface area (Å²) < 4.78 is 10.8. The second-order valence-corrected chi connectivity index (χ2v) is 6.75. The molecule has 8 nitrogen and oxygen atoms in total. The first-order valence-corrected chi connectivity index (χ1v) is 9.37. The lowest BCUT2D eigenvalue weighted by atomic mass is 9.93. The summed E-state index contributed by atoms with van der Waals surface area (Å²) in [6.45, 7) is 2.62. The van der Waals surface area contributed by atoms with E-state index in [1.807, 2.05) is 12.1 Å². The SMILES string of the molecule is CCOC(=O)CC1COc2ccc(NC(=O)c3ccc(N=C(N)N)cc3)cc2C1. The molecule has 1 aliphatic rings. The standard InChI is InChI=1S/C21H24N4O4/c1-2-28-19(26)10-13-9-15-11-17(7-8-18(15)29-12-13)24-20(27)14-3-5-16(6-4-14)25-21(22)23/h3-8,11,13H,2,9-10,12H2,1H3,(H,24,27)(H4,22,23,25).